The van der Waals surface area contributed by atoms with Crippen LogP contribution in [0.25, 0.3) is 0 Å². The number of sulfonamides is 1. The second-order valence-electron chi connectivity index (χ2n) is 4.69. The standard InChI is InChI=1S/C11H24N4O2S/c1-4-15(18(3,16)17)9-5-8-13-11(12)14(2)10-6-7-10/h10H,4-9H2,1-3H3,(H2,12,13). The maximum absolute atomic E-state index is 11.4. The minimum absolute atomic E-state index is 0.499. The average molecular weight is 276 g/mol. The van der Waals surface area contributed by atoms with Crippen molar-refractivity contribution in [1.82, 2.24) is 9.21 Å². The van der Waals surface area contributed by atoms with Crippen molar-refractivity contribution in [2.24, 2.45) is 10.7 Å². The SMILES string of the molecule is CCN(CCCN=C(N)N(C)C1CC1)S(C)(=O)=O. The lowest BCUT2D eigenvalue weighted by atomic mass is 10.4. The second-order valence-corrected chi connectivity index (χ2v) is 6.67. The lowest BCUT2D eigenvalue weighted by Gasteiger charge is -2.18. The summed E-state index contributed by atoms with van der Waals surface area (Å²) in [6.45, 7) is 3.40. The molecule has 0 aromatic heterocycles. The van der Waals surface area contributed by atoms with Gasteiger partial charge in [0.05, 0.1) is 6.26 Å². The molecule has 1 fully saturated rings. The first-order chi connectivity index (χ1) is 8.36. The Kier molecular flexibility index (Phi) is 5.40. The fraction of sp³-hybridized carbons (Fsp3) is 0.909. The van der Waals surface area contributed by atoms with Crippen LogP contribution in [0, 0.1) is 0 Å². The van der Waals surface area contributed by atoms with Gasteiger partial charge in [0, 0.05) is 32.7 Å². The summed E-state index contributed by atoms with van der Waals surface area (Å²) in [5.41, 5.74) is 5.84. The Morgan fingerprint density at radius 3 is 2.50 bits per heavy atom. The Morgan fingerprint density at radius 2 is 2.06 bits per heavy atom. The topological polar surface area (TPSA) is 79.0 Å². The molecule has 7 heteroatoms. The molecule has 0 saturated heterocycles. The molecule has 1 saturated carbocycles. The molecular weight excluding hydrogens is 252 g/mol. The molecule has 0 unspecified atom stereocenters. The molecule has 1 aliphatic carbocycles. The van der Waals surface area contributed by atoms with Crippen molar-refractivity contribution in [3.63, 3.8) is 0 Å². The Morgan fingerprint density at radius 1 is 1.44 bits per heavy atom. The van der Waals surface area contributed by atoms with Crippen LogP contribution in [-0.2, 0) is 10.0 Å². The number of hydrogen-bond acceptors (Lipinski definition) is 3. The van der Waals surface area contributed by atoms with Gasteiger partial charge in [0.25, 0.3) is 0 Å². The molecule has 18 heavy (non-hydrogen) atoms. The molecule has 0 aliphatic heterocycles. The van der Waals surface area contributed by atoms with E-state index in [4.69, 9.17) is 5.73 Å². The molecule has 6 nitrogen and oxygen atoms in total. The summed E-state index contributed by atoms with van der Waals surface area (Å²) in [5.74, 6) is 0.555. The number of aliphatic imine (C=N–C) groups is 1. The monoisotopic (exact) mass is 276 g/mol. The minimum atomic E-state index is -3.09. The largest absolute Gasteiger partial charge is 0.370 e. The molecule has 0 radical (unpaired) electrons. The van der Waals surface area contributed by atoms with Gasteiger partial charge in [0.15, 0.2) is 5.96 Å². The first-order valence-electron chi connectivity index (χ1n) is 6.34. The number of rotatable bonds is 7. The van der Waals surface area contributed by atoms with E-state index in [1.165, 1.54) is 23.4 Å². The van der Waals surface area contributed by atoms with Gasteiger partial charge in [-0.2, -0.15) is 0 Å². The predicted molar refractivity (Wildman–Crippen MR) is 74.0 cm³/mol. The van der Waals surface area contributed by atoms with E-state index in [0.717, 1.165) is 0 Å². The third kappa shape index (κ3) is 4.81. The number of nitrogens with zero attached hydrogens (tertiary/aromatic N) is 3. The van der Waals surface area contributed by atoms with Crippen LogP contribution < -0.4 is 5.73 Å². The summed E-state index contributed by atoms with van der Waals surface area (Å²) >= 11 is 0. The first-order valence-corrected chi connectivity index (χ1v) is 8.19. The summed E-state index contributed by atoms with van der Waals surface area (Å²) in [6.07, 6.45) is 4.30. The number of nitrogens with two attached hydrogens (primary N) is 1. The van der Waals surface area contributed by atoms with Gasteiger partial charge in [-0.05, 0) is 19.3 Å². The van der Waals surface area contributed by atoms with Gasteiger partial charge >= 0.3 is 0 Å². The zero-order valence-corrected chi connectivity index (χ0v) is 12.3. The zero-order valence-electron chi connectivity index (χ0n) is 11.5. The maximum atomic E-state index is 11.4. The molecule has 0 aromatic rings. The van der Waals surface area contributed by atoms with Gasteiger partial charge in [-0.15, -0.1) is 0 Å². The van der Waals surface area contributed by atoms with E-state index in [2.05, 4.69) is 4.99 Å². The summed E-state index contributed by atoms with van der Waals surface area (Å²) in [7, 11) is -1.14. The first kappa shape index (κ1) is 15.2. The third-order valence-corrected chi connectivity index (χ3v) is 4.50. The molecule has 0 amide bonds. The molecular formula is C11H24N4O2S. The molecule has 0 spiro atoms. The lowest BCUT2D eigenvalue weighted by molar-refractivity contribution is 0.426. The predicted octanol–water partition coefficient (Wildman–Crippen LogP) is 0.0669. The van der Waals surface area contributed by atoms with Crippen molar-refractivity contribution in [2.45, 2.75) is 32.2 Å². The van der Waals surface area contributed by atoms with Crippen LogP contribution in [0.2, 0.25) is 0 Å². The van der Waals surface area contributed by atoms with E-state index >= 15 is 0 Å². The van der Waals surface area contributed by atoms with E-state index in [1.807, 2.05) is 18.9 Å². The van der Waals surface area contributed by atoms with Crippen LogP contribution in [0.5, 0.6) is 0 Å². The quantitative estimate of drug-likeness (QED) is 0.405. The van der Waals surface area contributed by atoms with Crippen LogP contribution in [0.3, 0.4) is 0 Å². The molecule has 0 bridgehead atoms. The fourth-order valence-corrected chi connectivity index (χ4v) is 2.69. The summed E-state index contributed by atoms with van der Waals surface area (Å²) in [6, 6.07) is 0.553. The second kappa shape index (κ2) is 6.38. The molecule has 0 aromatic carbocycles. The van der Waals surface area contributed by atoms with Crippen molar-refractivity contribution < 1.29 is 8.42 Å². The summed E-state index contributed by atoms with van der Waals surface area (Å²) in [5, 5.41) is 0. The Bertz CT molecular complexity index is 390. The summed E-state index contributed by atoms with van der Waals surface area (Å²) in [4.78, 5) is 6.27. The van der Waals surface area contributed by atoms with Gasteiger partial charge in [0.1, 0.15) is 0 Å². The van der Waals surface area contributed by atoms with Gasteiger partial charge in [-0.1, -0.05) is 6.92 Å². The van der Waals surface area contributed by atoms with Gasteiger partial charge in [-0.25, -0.2) is 12.7 Å². The highest BCUT2D eigenvalue weighted by Crippen LogP contribution is 2.24. The zero-order chi connectivity index (χ0) is 13.8. The van der Waals surface area contributed by atoms with Crippen molar-refractivity contribution in [1.29, 1.82) is 0 Å². The van der Waals surface area contributed by atoms with E-state index in [9.17, 15) is 8.42 Å². The normalized spacial score (nSPS) is 17.2. The molecule has 1 aliphatic rings. The molecule has 2 N–H and O–H groups in total. The Balaban J connectivity index is 2.30. The Hall–Kier alpha value is -0.820. The molecule has 106 valence electrons. The van der Waals surface area contributed by atoms with Crippen LogP contribution in [0.1, 0.15) is 26.2 Å². The Labute approximate surface area is 110 Å². The fourth-order valence-electron chi connectivity index (χ4n) is 1.76. The highest BCUT2D eigenvalue weighted by Gasteiger charge is 2.27. The van der Waals surface area contributed by atoms with Crippen molar-refractivity contribution in [3.8, 4) is 0 Å². The maximum Gasteiger partial charge on any atom is 0.211 e. The minimum Gasteiger partial charge on any atom is -0.370 e. The van der Waals surface area contributed by atoms with E-state index < -0.39 is 10.0 Å². The van der Waals surface area contributed by atoms with Gasteiger partial charge < -0.3 is 10.6 Å². The van der Waals surface area contributed by atoms with Crippen LogP contribution in [0.4, 0.5) is 0 Å². The van der Waals surface area contributed by atoms with E-state index in [0.29, 0.717) is 38.1 Å². The number of guanidine groups is 1. The van der Waals surface area contributed by atoms with Crippen molar-refractivity contribution in [3.05, 3.63) is 0 Å². The van der Waals surface area contributed by atoms with Crippen molar-refractivity contribution in [2.75, 3.05) is 32.9 Å². The van der Waals surface area contributed by atoms with Crippen LogP contribution in [-0.4, -0.2) is 62.6 Å². The van der Waals surface area contributed by atoms with Crippen LogP contribution in [0.15, 0.2) is 4.99 Å². The average Bonchev–Trinajstić information content (AvgIpc) is 3.09. The molecule has 0 atom stereocenters. The van der Waals surface area contributed by atoms with E-state index in [-0.39, 0.29) is 0 Å². The lowest BCUT2D eigenvalue weighted by Crippen LogP contribution is -2.36. The van der Waals surface area contributed by atoms with Gasteiger partial charge in [0.2, 0.25) is 10.0 Å². The smallest absolute Gasteiger partial charge is 0.211 e. The summed E-state index contributed by atoms with van der Waals surface area (Å²) < 4.78 is 24.2. The highest BCUT2D eigenvalue weighted by atomic mass is 32.2. The van der Waals surface area contributed by atoms with Crippen LogP contribution >= 0.6 is 0 Å². The van der Waals surface area contributed by atoms with Gasteiger partial charge in [-0.3, -0.25) is 4.99 Å². The molecule has 0 heterocycles. The van der Waals surface area contributed by atoms with Crippen molar-refractivity contribution >= 4 is 16.0 Å². The third-order valence-electron chi connectivity index (χ3n) is 3.12. The number of hydrogen-bond donors (Lipinski definition) is 1. The highest BCUT2D eigenvalue weighted by molar-refractivity contribution is 7.88. The molecule has 1 rings (SSSR count). The van der Waals surface area contributed by atoms with E-state index in [1.54, 1.807) is 0 Å².